The summed E-state index contributed by atoms with van der Waals surface area (Å²) < 4.78 is 25.2. The van der Waals surface area contributed by atoms with Gasteiger partial charge in [-0.3, -0.25) is 4.79 Å². The molecule has 0 aliphatic rings. The van der Waals surface area contributed by atoms with E-state index in [1.807, 2.05) is 0 Å². The van der Waals surface area contributed by atoms with Crippen molar-refractivity contribution in [1.29, 1.82) is 0 Å². The average Bonchev–Trinajstić information content (AvgIpc) is 3.34. The number of nitrogens with zero attached hydrogens (tertiary/aromatic N) is 3. The summed E-state index contributed by atoms with van der Waals surface area (Å²) in [5.41, 5.74) is 0.313. The molecule has 3 rings (SSSR count). The first-order valence-electron chi connectivity index (χ1n) is 8.79. The molecule has 0 spiro atoms. The quantitative estimate of drug-likeness (QED) is 0.413. The van der Waals surface area contributed by atoms with Crippen molar-refractivity contribution in [1.82, 2.24) is 14.8 Å². The van der Waals surface area contributed by atoms with E-state index < -0.39 is 12.1 Å². The highest BCUT2D eigenvalue weighted by atomic mass is 32.2. The Morgan fingerprint density at radius 1 is 1.27 bits per heavy atom. The van der Waals surface area contributed by atoms with Gasteiger partial charge in [-0.05, 0) is 42.6 Å². The second kappa shape index (κ2) is 9.72. The lowest BCUT2D eigenvalue weighted by Gasteiger charge is -2.14. The summed E-state index contributed by atoms with van der Waals surface area (Å²) in [6, 6.07) is 7.30. The van der Waals surface area contributed by atoms with Crippen LogP contribution in [0.5, 0.6) is 5.75 Å². The number of hydrogen-bond acceptors (Lipinski definition) is 8. The van der Waals surface area contributed by atoms with Crippen LogP contribution in [0.3, 0.4) is 0 Å². The lowest BCUT2D eigenvalue weighted by atomic mass is 10.3. The molecular weight excluding hydrogens is 431 g/mol. The predicted octanol–water partition coefficient (Wildman–Crippen LogP) is 3.67. The number of esters is 1. The molecule has 0 saturated carbocycles. The normalized spacial score (nSPS) is 11.7. The van der Waals surface area contributed by atoms with Gasteiger partial charge in [0, 0.05) is 7.05 Å². The van der Waals surface area contributed by atoms with E-state index in [0.717, 1.165) is 0 Å². The summed E-state index contributed by atoms with van der Waals surface area (Å²) in [5.74, 6) is 0.0239. The number of amides is 1. The van der Waals surface area contributed by atoms with E-state index in [2.05, 4.69) is 15.5 Å². The van der Waals surface area contributed by atoms with Gasteiger partial charge in [-0.25, -0.2) is 9.18 Å². The molecule has 30 heavy (non-hydrogen) atoms. The number of aromatic nitrogens is 3. The number of hydrogen-bond donors (Lipinski definition) is 1. The zero-order valence-corrected chi connectivity index (χ0v) is 18.1. The van der Waals surface area contributed by atoms with E-state index in [1.54, 1.807) is 30.0 Å². The number of rotatable bonds is 8. The smallest absolute Gasteiger partial charge is 0.340 e. The van der Waals surface area contributed by atoms with Gasteiger partial charge in [0.2, 0.25) is 5.91 Å². The fraction of sp³-hybridized carbons (Fsp3) is 0.263. The number of ether oxygens (including phenoxy) is 2. The molecule has 0 radical (unpaired) electrons. The minimum atomic E-state index is -0.507. The summed E-state index contributed by atoms with van der Waals surface area (Å²) in [7, 11) is 3.06. The molecule has 0 aliphatic carbocycles. The number of anilines is 1. The van der Waals surface area contributed by atoms with Crippen LogP contribution in [0.25, 0.3) is 0 Å². The second-order valence-corrected chi connectivity index (χ2v) is 7.96. The second-order valence-electron chi connectivity index (χ2n) is 6.11. The first-order valence-corrected chi connectivity index (χ1v) is 10.7. The Labute approximate surface area is 180 Å². The van der Waals surface area contributed by atoms with Crippen molar-refractivity contribution in [2.24, 2.45) is 7.05 Å². The molecular formula is C19H19FN4O4S2. The highest BCUT2D eigenvalue weighted by molar-refractivity contribution is 7.99. The molecule has 1 N–H and O–H groups in total. The minimum Gasteiger partial charge on any atom is -0.483 e. The number of carbonyl (C=O) groups is 2. The summed E-state index contributed by atoms with van der Waals surface area (Å²) >= 11 is 2.45. The number of benzene rings is 1. The molecule has 1 amide bonds. The largest absolute Gasteiger partial charge is 0.483 e. The van der Waals surface area contributed by atoms with Crippen molar-refractivity contribution in [3.05, 3.63) is 52.9 Å². The Bertz CT molecular complexity index is 1040. The van der Waals surface area contributed by atoms with Crippen molar-refractivity contribution in [3.8, 4) is 5.75 Å². The zero-order chi connectivity index (χ0) is 21.7. The molecule has 1 atom stereocenters. The van der Waals surface area contributed by atoms with Gasteiger partial charge in [-0.15, -0.1) is 21.5 Å². The average molecular weight is 451 g/mol. The number of methoxy groups -OCH3 is 1. The van der Waals surface area contributed by atoms with Gasteiger partial charge in [-0.1, -0.05) is 11.8 Å². The van der Waals surface area contributed by atoms with Gasteiger partial charge in [0.05, 0.1) is 18.4 Å². The van der Waals surface area contributed by atoms with E-state index in [9.17, 15) is 14.0 Å². The summed E-state index contributed by atoms with van der Waals surface area (Å²) in [5, 5.41) is 13.6. The topological polar surface area (TPSA) is 95.3 Å². The number of carbonyl (C=O) groups excluding carboxylic acids is 2. The van der Waals surface area contributed by atoms with Crippen LogP contribution in [-0.4, -0.2) is 39.5 Å². The Hall–Kier alpha value is -2.92. The fourth-order valence-corrected chi connectivity index (χ4v) is 4.05. The Balaban J connectivity index is 1.58. The number of halogens is 1. The van der Waals surface area contributed by atoms with Crippen LogP contribution in [0.4, 0.5) is 9.39 Å². The molecule has 2 heterocycles. The lowest BCUT2D eigenvalue weighted by Crippen LogP contribution is -2.16. The maximum Gasteiger partial charge on any atom is 0.340 e. The Morgan fingerprint density at radius 3 is 2.70 bits per heavy atom. The van der Waals surface area contributed by atoms with Crippen molar-refractivity contribution in [2.75, 3.05) is 18.2 Å². The van der Waals surface area contributed by atoms with Crippen molar-refractivity contribution >= 4 is 40.0 Å². The van der Waals surface area contributed by atoms with E-state index in [1.165, 1.54) is 54.5 Å². The first-order chi connectivity index (χ1) is 14.4. The molecule has 0 saturated heterocycles. The first kappa shape index (κ1) is 21.8. The molecule has 8 nitrogen and oxygen atoms in total. The lowest BCUT2D eigenvalue weighted by molar-refractivity contribution is -0.113. The van der Waals surface area contributed by atoms with Gasteiger partial charge in [0.1, 0.15) is 16.6 Å². The molecule has 1 unspecified atom stereocenters. The molecule has 0 bridgehead atoms. The van der Waals surface area contributed by atoms with Crippen molar-refractivity contribution in [2.45, 2.75) is 18.2 Å². The third-order valence-corrected chi connectivity index (χ3v) is 5.86. The minimum absolute atomic E-state index is 0.0810. The Kier molecular flexibility index (Phi) is 7.06. The molecule has 0 fully saturated rings. The summed E-state index contributed by atoms with van der Waals surface area (Å²) in [6.07, 6.45) is -0.426. The number of thioether (sulfide) groups is 1. The molecule has 158 valence electrons. The number of thiophene rings is 1. The molecule has 1 aromatic carbocycles. The maximum absolute atomic E-state index is 13.0. The highest BCUT2D eigenvalue weighted by Crippen LogP contribution is 2.26. The van der Waals surface area contributed by atoms with E-state index in [4.69, 9.17) is 9.47 Å². The molecule has 2 aromatic heterocycles. The van der Waals surface area contributed by atoms with Gasteiger partial charge in [0.25, 0.3) is 0 Å². The van der Waals surface area contributed by atoms with Crippen LogP contribution in [0, 0.1) is 5.82 Å². The van der Waals surface area contributed by atoms with Crippen LogP contribution in [0.15, 0.2) is 40.9 Å². The summed E-state index contributed by atoms with van der Waals surface area (Å²) in [6.45, 7) is 1.81. The third kappa shape index (κ3) is 5.16. The fourth-order valence-electron chi connectivity index (χ4n) is 2.55. The van der Waals surface area contributed by atoms with Gasteiger partial charge in [0.15, 0.2) is 17.1 Å². The monoisotopic (exact) mass is 450 g/mol. The molecule has 11 heteroatoms. The zero-order valence-electron chi connectivity index (χ0n) is 16.4. The van der Waals surface area contributed by atoms with E-state index in [-0.39, 0.29) is 17.5 Å². The molecule has 3 aromatic rings. The predicted molar refractivity (Wildman–Crippen MR) is 111 cm³/mol. The van der Waals surface area contributed by atoms with Crippen LogP contribution in [0.1, 0.15) is 29.2 Å². The highest BCUT2D eigenvalue weighted by Gasteiger charge is 2.19. The van der Waals surface area contributed by atoms with Gasteiger partial charge < -0.3 is 19.4 Å². The third-order valence-electron chi connectivity index (χ3n) is 4.01. The standard InChI is InChI=1S/C19H19FN4O4S2/c1-11(28-13-6-4-12(20)5-7-13)16-22-23-19(24(16)2)30-10-15(25)21-17-14(8-9-29-17)18(26)27-3/h4-9,11H,10H2,1-3H3,(H,21,25). The van der Waals surface area contributed by atoms with Crippen LogP contribution in [0.2, 0.25) is 0 Å². The molecule has 0 aliphatic heterocycles. The van der Waals surface area contributed by atoms with E-state index >= 15 is 0 Å². The van der Waals surface area contributed by atoms with Crippen molar-refractivity contribution < 1.29 is 23.5 Å². The van der Waals surface area contributed by atoms with Crippen LogP contribution in [-0.2, 0) is 16.6 Å². The number of nitrogens with one attached hydrogen (secondary N) is 1. The Morgan fingerprint density at radius 2 is 2.00 bits per heavy atom. The van der Waals surface area contributed by atoms with Crippen LogP contribution >= 0.6 is 23.1 Å². The van der Waals surface area contributed by atoms with Crippen molar-refractivity contribution in [3.63, 3.8) is 0 Å². The maximum atomic E-state index is 13.0. The van der Waals surface area contributed by atoms with E-state index in [0.29, 0.717) is 27.3 Å². The van der Waals surface area contributed by atoms with Gasteiger partial charge >= 0.3 is 5.97 Å². The summed E-state index contributed by atoms with van der Waals surface area (Å²) in [4.78, 5) is 24.0. The SMILES string of the molecule is COC(=O)c1ccsc1NC(=O)CSc1nnc(C(C)Oc2ccc(F)cc2)n1C. The van der Waals surface area contributed by atoms with Crippen LogP contribution < -0.4 is 10.1 Å². The van der Waals surface area contributed by atoms with Gasteiger partial charge in [-0.2, -0.15) is 0 Å².